The molecular formula is C7H9N5. The number of aromatic nitrogens is 4. The number of rotatable bonds is 2. The summed E-state index contributed by atoms with van der Waals surface area (Å²) in [5.74, 6) is 0.644. The van der Waals surface area contributed by atoms with Crippen LogP contribution in [0.3, 0.4) is 0 Å². The van der Waals surface area contributed by atoms with E-state index in [1.807, 2.05) is 13.0 Å². The molecule has 2 heterocycles. The zero-order valence-electron chi connectivity index (χ0n) is 6.73. The molecule has 0 amide bonds. The Hall–Kier alpha value is -1.65. The molecule has 0 spiro atoms. The molecule has 62 valence electrons. The second-order valence-electron chi connectivity index (χ2n) is 2.34. The maximum Gasteiger partial charge on any atom is 0.226 e. The van der Waals surface area contributed by atoms with Gasteiger partial charge in [0.05, 0.1) is 6.20 Å². The summed E-state index contributed by atoms with van der Waals surface area (Å²) in [6.45, 7) is 2.83. The van der Waals surface area contributed by atoms with Crippen molar-refractivity contribution in [2.24, 2.45) is 0 Å². The lowest BCUT2D eigenvalue weighted by Gasteiger charge is -1.99. The van der Waals surface area contributed by atoms with E-state index in [4.69, 9.17) is 0 Å². The van der Waals surface area contributed by atoms with Gasteiger partial charge in [-0.3, -0.25) is 0 Å². The number of hydrogen-bond acceptors (Lipinski definition) is 4. The molecule has 5 heteroatoms. The van der Waals surface area contributed by atoms with E-state index in [1.54, 1.807) is 17.0 Å². The number of nitrogens with one attached hydrogen (secondary N) is 1. The summed E-state index contributed by atoms with van der Waals surface area (Å²) in [6, 6.07) is 1.84. The largest absolute Gasteiger partial charge is 0.354 e. The van der Waals surface area contributed by atoms with E-state index in [1.165, 1.54) is 0 Å². The fourth-order valence-electron chi connectivity index (χ4n) is 0.975. The van der Waals surface area contributed by atoms with Gasteiger partial charge in [0.2, 0.25) is 5.95 Å². The van der Waals surface area contributed by atoms with E-state index in [9.17, 15) is 0 Å². The van der Waals surface area contributed by atoms with E-state index in [2.05, 4.69) is 20.4 Å². The fourth-order valence-corrected chi connectivity index (χ4v) is 0.975. The van der Waals surface area contributed by atoms with Crippen molar-refractivity contribution >= 4 is 11.6 Å². The Morgan fingerprint density at radius 2 is 2.50 bits per heavy atom. The molecular weight excluding hydrogens is 154 g/mol. The molecule has 5 nitrogen and oxygen atoms in total. The topological polar surface area (TPSA) is 55.1 Å². The van der Waals surface area contributed by atoms with Crippen LogP contribution in [0, 0.1) is 0 Å². The van der Waals surface area contributed by atoms with E-state index in [0.717, 1.165) is 12.2 Å². The van der Waals surface area contributed by atoms with E-state index in [-0.39, 0.29) is 0 Å². The lowest BCUT2D eigenvalue weighted by molar-refractivity contribution is 0.890. The van der Waals surface area contributed by atoms with Crippen LogP contribution in [0.5, 0.6) is 0 Å². The Morgan fingerprint density at radius 3 is 3.33 bits per heavy atom. The second-order valence-corrected chi connectivity index (χ2v) is 2.34. The molecule has 0 bridgehead atoms. The minimum Gasteiger partial charge on any atom is -0.354 e. The first-order valence-corrected chi connectivity index (χ1v) is 3.80. The van der Waals surface area contributed by atoms with Gasteiger partial charge in [-0.2, -0.15) is 10.1 Å². The smallest absolute Gasteiger partial charge is 0.226 e. The van der Waals surface area contributed by atoms with Crippen LogP contribution < -0.4 is 5.32 Å². The van der Waals surface area contributed by atoms with Crippen LogP contribution in [0.4, 0.5) is 5.95 Å². The number of nitrogens with zero attached hydrogens (tertiary/aromatic N) is 4. The summed E-state index contributed by atoms with van der Waals surface area (Å²) in [6.07, 6.45) is 3.33. The van der Waals surface area contributed by atoms with Crippen molar-refractivity contribution in [3.63, 3.8) is 0 Å². The van der Waals surface area contributed by atoms with Crippen molar-refractivity contribution in [3.8, 4) is 0 Å². The molecule has 0 atom stereocenters. The highest BCUT2D eigenvalue weighted by molar-refractivity contribution is 5.40. The molecule has 0 aliphatic rings. The summed E-state index contributed by atoms with van der Waals surface area (Å²) < 4.78 is 1.63. The Morgan fingerprint density at radius 1 is 1.58 bits per heavy atom. The molecule has 2 aromatic heterocycles. The molecule has 0 aliphatic heterocycles. The number of hydrogen-bond donors (Lipinski definition) is 1. The molecule has 0 radical (unpaired) electrons. The summed E-state index contributed by atoms with van der Waals surface area (Å²) in [5.41, 5.74) is 0.806. The van der Waals surface area contributed by atoms with Gasteiger partial charge in [-0.05, 0) is 6.92 Å². The van der Waals surface area contributed by atoms with Gasteiger partial charge in [0.25, 0.3) is 0 Å². The van der Waals surface area contributed by atoms with Crippen molar-refractivity contribution in [3.05, 3.63) is 18.6 Å². The lowest BCUT2D eigenvalue weighted by Crippen LogP contribution is -2.03. The molecule has 0 saturated heterocycles. The third-order valence-electron chi connectivity index (χ3n) is 1.49. The average molecular weight is 163 g/mol. The monoisotopic (exact) mass is 163 g/mol. The first-order valence-electron chi connectivity index (χ1n) is 3.80. The molecule has 12 heavy (non-hydrogen) atoms. The third-order valence-corrected chi connectivity index (χ3v) is 1.49. The first-order chi connectivity index (χ1) is 5.90. The highest BCUT2D eigenvalue weighted by atomic mass is 15.3. The van der Waals surface area contributed by atoms with E-state index in [0.29, 0.717) is 5.95 Å². The second kappa shape index (κ2) is 2.77. The van der Waals surface area contributed by atoms with Crippen LogP contribution in [-0.4, -0.2) is 26.1 Å². The van der Waals surface area contributed by atoms with Gasteiger partial charge < -0.3 is 5.32 Å². The summed E-state index contributed by atoms with van der Waals surface area (Å²) in [5, 5.41) is 7.01. The van der Waals surface area contributed by atoms with Gasteiger partial charge in [0.15, 0.2) is 5.65 Å². The van der Waals surface area contributed by atoms with E-state index >= 15 is 0 Å². The maximum absolute atomic E-state index is 4.20. The van der Waals surface area contributed by atoms with Crippen molar-refractivity contribution in [1.82, 2.24) is 19.6 Å². The Bertz CT molecular complexity index is 380. The van der Waals surface area contributed by atoms with Crippen LogP contribution in [0.25, 0.3) is 5.65 Å². The molecule has 0 unspecified atom stereocenters. The SMILES string of the molecule is CCNc1ncn2nccc2n1. The van der Waals surface area contributed by atoms with Crippen LogP contribution in [0.15, 0.2) is 18.6 Å². The van der Waals surface area contributed by atoms with Gasteiger partial charge in [0.1, 0.15) is 6.33 Å². The lowest BCUT2D eigenvalue weighted by atomic mass is 10.6. The third kappa shape index (κ3) is 1.09. The van der Waals surface area contributed by atoms with E-state index < -0.39 is 0 Å². The van der Waals surface area contributed by atoms with Gasteiger partial charge >= 0.3 is 0 Å². The molecule has 0 fully saturated rings. The molecule has 0 aromatic carbocycles. The maximum atomic E-state index is 4.20. The Kier molecular flexibility index (Phi) is 1.62. The van der Waals surface area contributed by atoms with Crippen LogP contribution in [-0.2, 0) is 0 Å². The molecule has 1 N–H and O–H groups in total. The first kappa shape index (κ1) is 7.02. The summed E-state index contributed by atoms with van der Waals surface area (Å²) in [7, 11) is 0. The van der Waals surface area contributed by atoms with Crippen molar-refractivity contribution in [2.75, 3.05) is 11.9 Å². The van der Waals surface area contributed by atoms with Gasteiger partial charge in [-0.25, -0.2) is 9.50 Å². The zero-order chi connectivity index (χ0) is 8.39. The zero-order valence-corrected chi connectivity index (χ0v) is 6.73. The number of anilines is 1. The average Bonchev–Trinajstić information content (AvgIpc) is 2.51. The summed E-state index contributed by atoms with van der Waals surface area (Å²) in [4.78, 5) is 8.25. The Labute approximate surface area is 69.5 Å². The minimum absolute atomic E-state index is 0.644. The molecule has 2 aromatic rings. The quantitative estimate of drug-likeness (QED) is 0.702. The Balaban J connectivity index is 2.46. The normalized spacial score (nSPS) is 10.4. The van der Waals surface area contributed by atoms with Crippen LogP contribution >= 0.6 is 0 Å². The highest BCUT2D eigenvalue weighted by Crippen LogP contribution is 2.00. The van der Waals surface area contributed by atoms with Gasteiger partial charge in [-0.1, -0.05) is 0 Å². The molecule has 0 saturated carbocycles. The number of fused-ring (bicyclic) bond motifs is 1. The predicted octanol–water partition coefficient (Wildman–Crippen LogP) is 0.556. The van der Waals surface area contributed by atoms with Crippen molar-refractivity contribution < 1.29 is 0 Å². The van der Waals surface area contributed by atoms with Gasteiger partial charge in [-0.15, -0.1) is 0 Å². The molecule has 2 rings (SSSR count). The van der Waals surface area contributed by atoms with Crippen molar-refractivity contribution in [1.29, 1.82) is 0 Å². The molecule has 0 aliphatic carbocycles. The van der Waals surface area contributed by atoms with Crippen molar-refractivity contribution in [2.45, 2.75) is 6.92 Å². The van der Waals surface area contributed by atoms with Gasteiger partial charge in [0, 0.05) is 12.6 Å². The summed E-state index contributed by atoms with van der Waals surface area (Å²) >= 11 is 0. The fraction of sp³-hybridized carbons (Fsp3) is 0.286. The van der Waals surface area contributed by atoms with Crippen LogP contribution in [0.2, 0.25) is 0 Å². The predicted molar refractivity (Wildman–Crippen MR) is 44.9 cm³/mol. The standard InChI is InChI=1S/C7H9N5/c1-2-8-7-9-5-12-6(11-7)3-4-10-12/h3-5H,2H2,1H3,(H,8,11). The minimum atomic E-state index is 0.644. The van der Waals surface area contributed by atoms with Crippen LogP contribution in [0.1, 0.15) is 6.92 Å². The highest BCUT2D eigenvalue weighted by Gasteiger charge is 1.96.